The van der Waals surface area contributed by atoms with Crippen molar-refractivity contribution in [1.29, 1.82) is 0 Å². The fourth-order valence-corrected chi connectivity index (χ4v) is 5.63. The van der Waals surface area contributed by atoms with E-state index in [0.29, 0.717) is 38.1 Å². The van der Waals surface area contributed by atoms with E-state index in [1.165, 1.54) is 9.47 Å². The zero-order chi connectivity index (χ0) is 22.1. The Morgan fingerprint density at radius 1 is 1.27 bits per heavy atom. The minimum Gasteiger partial charge on any atom is -0.383 e. The van der Waals surface area contributed by atoms with Crippen molar-refractivity contribution in [2.75, 3.05) is 22.9 Å². The highest BCUT2D eigenvalue weighted by atomic mass is 32.2. The van der Waals surface area contributed by atoms with Crippen LogP contribution in [-0.2, 0) is 16.1 Å². The van der Waals surface area contributed by atoms with Crippen LogP contribution in [0.3, 0.4) is 0 Å². The Morgan fingerprint density at radius 2 is 1.97 bits per heavy atom. The van der Waals surface area contributed by atoms with Crippen molar-refractivity contribution in [3.05, 3.63) is 20.8 Å². The van der Waals surface area contributed by atoms with Gasteiger partial charge in [-0.05, 0) is 26.2 Å². The van der Waals surface area contributed by atoms with Gasteiger partial charge in [0.15, 0.2) is 5.69 Å². The molecule has 2 amide bonds. The molecular weight excluding hydrogens is 406 g/mol. The summed E-state index contributed by atoms with van der Waals surface area (Å²) >= 11 is 1.60. The fraction of sp³-hybridized carbons (Fsp3) is 0.700. The lowest BCUT2D eigenvalue weighted by atomic mass is 10.1. The molecule has 3 rings (SSSR count). The molecule has 1 aromatic rings. The van der Waals surface area contributed by atoms with Gasteiger partial charge in [-0.1, -0.05) is 26.7 Å². The number of unbranched alkanes of at least 4 members (excludes halogenated alkanes) is 2. The normalized spacial score (nSPS) is 23.1. The van der Waals surface area contributed by atoms with E-state index in [4.69, 9.17) is 5.73 Å². The molecule has 10 heteroatoms. The summed E-state index contributed by atoms with van der Waals surface area (Å²) in [5, 5.41) is 0. The van der Waals surface area contributed by atoms with Crippen molar-refractivity contribution >= 4 is 35.1 Å². The number of H-pyrrole nitrogens is 1. The maximum Gasteiger partial charge on any atom is 0.330 e. The maximum atomic E-state index is 13.6. The molecule has 0 saturated carbocycles. The predicted octanol–water partition coefficient (Wildman–Crippen LogP) is 1.51. The number of carbonyl (C=O) groups excluding carboxylic acids is 2. The molecule has 2 atom stereocenters. The van der Waals surface area contributed by atoms with Crippen LogP contribution in [0.2, 0.25) is 0 Å². The van der Waals surface area contributed by atoms with Gasteiger partial charge in [-0.2, -0.15) is 0 Å². The van der Waals surface area contributed by atoms with E-state index in [1.807, 2.05) is 20.8 Å². The third-order valence-electron chi connectivity index (χ3n) is 5.95. The third kappa shape index (κ3) is 3.89. The highest BCUT2D eigenvalue weighted by Crippen LogP contribution is 2.47. The number of nitrogens with zero attached hydrogens (tertiary/aromatic N) is 3. The molecule has 2 fully saturated rings. The summed E-state index contributed by atoms with van der Waals surface area (Å²) < 4.78 is 1.32. The van der Waals surface area contributed by atoms with E-state index in [-0.39, 0.29) is 28.2 Å². The molecule has 0 aliphatic carbocycles. The number of aromatic amines is 1. The molecule has 2 aliphatic heterocycles. The Morgan fingerprint density at radius 3 is 2.63 bits per heavy atom. The summed E-state index contributed by atoms with van der Waals surface area (Å²) in [5.74, 6) is 0.137. The minimum absolute atomic E-state index is 0.00260. The average molecular weight is 438 g/mol. The van der Waals surface area contributed by atoms with Crippen molar-refractivity contribution in [3.8, 4) is 0 Å². The quantitative estimate of drug-likeness (QED) is 0.636. The van der Waals surface area contributed by atoms with E-state index < -0.39 is 17.3 Å². The van der Waals surface area contributed by atoms with Gasteiger partial charge in [0.2, 0.25) is 5.91 Å². The Bertz CT molecular complexity index is 942. The van der Waals surface area contributed by atoms with Crippen LogP contribution < -0.4 is 21.9 Å². The smallest absolute Gasteiger partial charge is 0.330 e. The number of rotatable bonds is 8. The van der Waals surface area contributed by atoms with Crippen LogP contribution in [0.4, 0.5) is 11.5 Å². The SMILES string of the molecule is CCCCN(C(=O)C1CSC2(C)CCC(=O)N12)c1c(N)n(CCCC)c(=O)[nH]c1=O. The summed E-state index contributed by atoms with van der Waals surface area (Å²) in [6.07, 6.45) is 4.19. The van der Waals surface area contributed by atoms with Crippen molar-refractivity contribution in [2.45, 2.75) is 76.8 Å². The lowest BCUT2D eigenvalue weighted by Crippen LogP contribution is -2.53. The summed E-state index contributed by atoms with van der Waals surface area (Å²) in [5.41, 5.74) is 5.02. The van der Waals surface area contributed by atoms with Crippen molar-refractivity contribution in [3.63, 3.8) is 0 Å². The van der Waals surface area contributed by atoms with Gasteiger partial charge in [0.05, 0.1) is 4.87 Å². The lowest BCUT2D eigenvalue weighted by molar-refractivity contribution is -0.136. The van der Waals surface area contributed by atoms with Gasteiger partial charge >= 0.3 is 5.69 Å². The topological polar surface area (TPSA) is 121 Å². The van der Waals surface area contributed by atoms with Crippen LogP contribution in [0.1, 0.15) is 59.3 Å². The van der Waals surface area contributed by atoms with Crippen LogP contribution >= 0.6 is 11.8 Å². The number of aromatic nitrogens is 2. The molecule has 3 heterocycles. The number of hydrogen-bond donors (Lipinski definition) is 2. The number of anilines is 2. The predicted molar refractivity (Wildman–Crippen MR) is 119 cm³/mol. The minimum atomic E-state index is -0.670. The number of nitrogens with one attached hydrogen (secondary N) is 1. The number of amides is 2. The zero-order valence-electron chi connectivity index (χ0n) is 17.9. The molecular formula is C20H31N5O4S. The second-order valence-corrected chi connectivity index (χ2v) is 9.61. The molecule has 166 valence electrons. The van der Waals surface area contributed by atoms with E-state index in [1.54, 1.807) is 16.7 Å². The van der Waals surface area contributed by atoms with Crippen LogP contribution in [0.5, 0.6) is 0 Å². The Labute approximate surface area is 180 Å². The molecule has 0 aromatic carbocycles. The number of nitrogen functional groups attached to an aromatic ring is 1. The molecule has 30 heavy (non-hydrogen) atoms. The van der Waals surface area contributed by atoms with E-state index in [0.717, 1.165) is 19.3 Å². The van der Waals surface area contributed by atoms with Gasteiger partial charge < -0.3 is 15.5 Å². The third-order valence-corrected chi connectivity index (χ3v) is 7.46. The van der Waals surface area contributed by atoms with Gasteiger partial charge in [-0.3, -0.25) is 23.9 Å². The van der Waals surface area contributed by atoms with Gasteiger partial charge in [-0.15, -0.1) is 11.8 Å². The van der Waals surface area contributed by atoms with Crippen LogP contribution in [0.25, 0.3) is 0 Å². The number of hydrogen-bond acceptors (Lipinski definition) is 6. The monoisotopic (exact) mass is 437 g/mol. The molecule has 0 radical (unpaired) electrons. The maximum absolute atomic E-state index is 13.6. The van der Waals surface area contributed by atoms with Crippen LogP contribution in [-0.4, -0.2) is 49.5 Å². The van der Waals surface area contributed by atoms with Crippen molar-refractivity contribution in [1.82, 2.24) is 14.5 Å². The largest absolute Gasteiger partial charge is 0.383 e. The molecule has 0 spiro atoms. The standard InChI is InChI=1S/C20H31N5O4S/c1-4-6-10-23(15-16(21)24(11-7-5-2)19(29)22-17(15)27)18(28)13-12-30-20(3)9-8-14(26)25(13)20/h13H,4-12,21H2,1-3H3,(H,22,27,29). The van der Waals surface area contributed by atoms with E-state index in [2.05, 4.69) is 4.98 Å². The van der Waals surface area contributed by atoms with Crippen molar-refractivity contribution in [2.24, 2.45) is 0 Å². The second kappa shape index (κ2) is 8.87. The Hall–Kier alpha value is -2.23. The highest BCUT2D eigenvalue weighted by molar-refractivity contribution is 8.01. The summed E-state index contributed by atoms with van der Waals surface area (Å²) in [4.78, 5) is 56.1. The molecule has 0 bridgehead atoms. The van der Waals surface area contributed by atoms with Crippen LogP contribution in [0.15, 0.2) is 9.59 Å². The van der Waals surface area contributed by atoms with Crippen molar-refractivity contribution < 1.29 is 9.59 Å². The fourth-order valence-electron chi connectivity index (χ4n) is 4.21. The lowest BCUT2D eigenvalue weighted by Gasteiger charge is -2.33. The first-order valence-corrected chi connectivity index (χ1v) is 11.6. The highest BCUT2D eigenvalue weighted by Gasteiger charge is 2.53. The molecule has 3 N–H and O–H groups in total. The molecule has 2 saturated heterocycles. The first-order chi connectivity index (χ1) is 14.2. The molecule has 9 nitrogen and oxygen atoms in total. The Balaban J connectivity index is 2.03. The van der Waals surface area contributed by atoms with Gasteiger partial charge in [-0.25, -0.2) is 4.79 Å². The average Bonchev–Trinajstić information content (AvgIpc) is 3.19. The van der Waals surface area contributed by atoms with E-state index in [9.17, 15) is 19.2 Å². The number of thioether (sulfide) groups is 1. The Kier molecular flexibility index (Phi) is 6.64. The summed E-state index contributed by atoms with van der Waals surface area (Å²) in [6.45, 7) is 6.63. The van der Waals surface area contributed by atoms with Gasteiger partial charge in [0, 0.05) is 25.3 Å². The first-order valence-electron chi connectivity index (χ1n) is 10.6. The van der Waals surface area contributed by atoms with Gasteiger partial charge in [0.25, 0.3) is 11.5 Å². The summed E-state index contributed by atoms with van der Waals surface area (Å²) in [7, 11) is 0. The molecule has 1 aromatic heterocycles. The molecule has 2 unspecified atom stereocenters. The zero-order valence-corrected chi connectivity index (χ0v) is 18.7. The van der Waals surface area contributed by atoms with Gasteiger partial charge in [0.1, 0.15) is 11.9 Å². The first kappa shape index (κ1) is 22.5. The number of fused-ring (bicyclic) bond motifs is 1. The molecule has 2 aliphatic rings. The number of carbonyl (C=O) groups is 2. The number of nitrogens with two attached hydrogens (primary N) is 1. The van der Waals surface area contributed by atoms with E-state index >= 15 is 0 Å². The second-order valence-electron chi connectivity index (χ2n) is 8.11. The summed E-state index contributed by atoms with van der Waals surface area (Å²) in [6, 6.07) is -0.637. The van der Waals surface area contributed by atoms with Crippen LogP contribution in [0, 0.1) is 0 Å².